The van der Waals surface area contributed by atoms with Gasteiger partial charge in [0, 0.05) is 70.1 Å². The van der Waals surface area contributed by atoms with Crippen LogP contribution in [-0.4, -0.2) is 70.8 Å². The van der Waals surface area contributed by atoms with Gasteiger partial charge in [-0.3, -0.25) is 14.5 Å². The largest absolute Gasteiger partial charge is 0.491 e. The number of aryl methyl sites for hydroxylation is 1. The maximum Gasteiger partial charge on any atom is 0.258 e. The lowest BCUT2D eigenvalue weighted by atomic mass is 9.93. The van der Waals surface area contributed by atoms with E-state index in [1.165, 1.54) is 11.8 Å². The van der Waals surface area contributed by atoms with Gasteiger partial charge in [0.25, 0.3) is 5.91 Å². The van der Waals surface area contributed by atoms with E-state index in [0.29, 0.717) is 49.4 Å². The smallest absolute Gasteiger partial charge is 0.258 e. The molecule has 2 aromatic heterocycles. The SMILES string of the molecule is O=C1CCCc2occ(C(=O)N3CCOc4ccc(CN5CCN(c6ncccn6)CC5)cc4C3)c21. The third-order valence-electron chi connectivity index (χ3n) is 7.19. The van der Waals surface area contributed by atoms with E-state index in [4.69, 9.17) is 9.15 Å². The zero-order valence-electron chi connectivity index (χ0n) is 20.2. The predicted octanol–water partition coefficient (Wildman–Crippen LogP) is 2.95. The lowest BCUT2D eigenvalue weighted by Crippen LogP contribution is -2.46. The van der Waals surface area contributed by atoms with E-state index in [1.807, 2.05) is 12.1 Å². The van der Waals surface area contributed by atoms with Crippen molar-refractivity contribution >= 4 is 17.6 Å². The summed E-state index contributed by atoms with van der Waals surface area (Å²) < 4.78 is 11.6. The maximum atomic E-state index is 13.4. The Hall–Kier alpha value is -3.72. The summed E-state index contributed by atoms with van der Waals surface area (Å²) in [6.07, 6.45) is 6.96. The number of carbonyl (C=O) groups is 2. The first-order chi connectivity index (χ1) is 17.7. The molecule has 3 aromatic rings. The number of nitrogens with zero attached hydrogens (tertiary/aromatic N) is 5. The summed E-state index contributed by atoms with van der Waals surface area (Å²) in [5, 5.41) is 0. The molecule has 0 N–H and O–H groups in total. The van der Waals surface area contributed by atoms with Gasteiger partial charge in [-0.1, -0.05) is 6.07 Å². The number of rotatable bonds is 4. The van der Waals surface area contributed by atoms with Gasteiger partial charge in [0.2, 0.25) is 5.95 Å². The minimum atomic E-state index is -0.170. The second-order valence-electron chi connectivity index (χ2n) is 9.55. The van der Waals surface area contributed by atoms with Crippen molar-refractivity contribution in [2.24, 2.45) is 0 Å². The molecule has 9 nitrogen and oxygen atoms in total. The second kappa shape index (κ2) is 9.73. The molecule has 1 amide bonds. The summed E-state index contributed by atoms with van der Waals surface area (Å²) in [5.41, 5.74) is 3.03. The Bertz CT molecular complexity index is 1270. The molecular weight excluding hydrogens is 458 g/mol. The average Bonchev–Trinajstić information content (AvgIpc) is 3.24. The summed E-state index contributed by atoms with van der Waals surface area (Å²) >= 11 is 0. The lowest BCUT2D eigenvalue weighted by molar-refractivity contribution is 0.0727. The molecule has 0 atom stereocenters. The number of amides is 1. The number of piperazine rings is 1. The Labute approximate surface area is 209 Å². The van der Waals surface area contributed by atoms with Gasteiger partial charge in [-0.05, 0) is 30.2 Å². The number of ether oxygens (including phenoxy) is 1. The van der Waals surface area contributed by atoms with Crippen LogP contribution in [0.2, 0.25) is 0 Å². The standard InChI is InChI=1S/C27H29N5O4/c33-22-3-1-4-24-25(22)21(18-36-24)26(34)32-13-14-35-23-6-5-19(15-20(23)17-32)16-30-9-11-31(12-10-30)27-28-7-2-8-29-27/h2,5-8,15,18H,1,3-4,9-14,16-17H2. The fraction of sp³-hybridized carbons (Fsp3) is 0.407. The van der Waals surface area contributed by atoms with Crippen LogP contribution in [-0.2, 0) is 19.5 Å². The van der Waals surface area contributed by atoms with Crippen molar-refractivity contribution in [2.75, 3.05) is 44.2 Å². The van der Waals surface area contributed by atoms with Crippen LogP contribution < -0.4 is 9.64 Å². The van der Waals surface area contributed by atoms with Crippen molar-refractivity contribution in [3.63, 3.8) is 0 Å². The molecule has 0 radical (unpaired) electrons. The number of Topliss-reactive ketones (excluding diaryl/α,β-unsaturated/α-hetero) is 1. The molecule has 6 rings (SSSR count). The van der Waals surface area contributed by atoms with Gasteiger partial charge in [0.05, 0.1) is 17.7 Å². The molecule has 0 saturated carbocycles. The van der Waals surface area contributed by atoms with Gasteiger partial charge in [0.15, 0.2) is 5.78 Å². The van der Waals surface area contributed by atoms with Crippen molar-refractivity contribution in [2.45, 2.75) is 32.4 Å². The van der Waals surface area contributed by atoms with Crippen LogP contribution in [0.1, 0.15) is 50.4 Å². The van der Waals surface area contributed by atoms with Crippen LogP contribution in [0.15, 0.2) is 47.3 Å². The Morgan fingerprint density at radius 3 is 2.69 bits per heavy atom. The first-order valence-corrected chi connectivity index (χ1v) is 12.6. The van der Waals surface area contributed by atoms with E-state index < -0.39 is 0 Å². The molecular formula is C27H29N5O4. The number of hydrogen-bond donors (Lipinski definition) is 0. The molecule has 4 heterocycles. The number of hydrogen-bond acceptors (Lipinski definition) is 8. The highest BCUT2D eigenvalue weighted by atomic mass is 16.5. The topological polar surface area (TPSA) is 92.0 Å². The third kappa shape index (κ3) is 4.46. The zero-order chi connectivity index (χ0) is 24.5. The van der Waals surface area contributed by atoms with Crippen LogP contribution >= 0.6 is 0 Å². The number of benzene rings is 1. The number of carbonyl (C=O) groups excluding carboxylic acids is 2. The van der Waals surface area contributed by atoms with Crippen molar-refractivity contribution in [3.05, 3.63) is 70.9 Å². The maximum absolute atomic E-state index is 13.4. The molecule has 3 aliphatic rings. The molecule has 186 valence electrons. The minimum absolute atomic E-state index is 0.000956. The molecule has 1 aromatic carbocycles. The highest BCUT2D eigenvalue weighted by Gasteiger charge is 2.31. The van der Waals surface area contributed by atoms with Crippen molar-refractivity contribution in [3.8, 4) is 5.75 Å². The van der Waals surface area contributed by atoms with E-state index in [-0.39, 0.29) is 11.7 Å². The highest BCUT2D eigenvalue weighted by Crippen LogP contribution is 2.30. The lowest BCUT2D eigenvalue weighted by Gasteiger charge is -2.34. The minimum Gasteiger partial charge on any atom is -0.491 e. The van der Waals surface area contributed by atoms with Gasteiger partial charge >= 0.3 is 0 Å². The summed E-state index contributed by atoms with van der Waals surface area (Å²) in [4.78, 5) is 41.0. The van der Waals surface area contributed by atoms with E-state index in [9.17, 15) is 9.59 Å². The van der Waals surface area contributed by atoms with Crippen molar-refractivity contribution < 1.29 is 18.7 Å². The summed E-state index contributed by atoms with van der Waals surface area (Å²) in [5.74, 6) is 2.06. The monoisotopic (exact) mass is 487 g/mol. The molecule has 1 fully saturated rings. The summed E-state index contributed by atoms with van der Waals surface area (Å²) in [7, 11) is 0. The van der Waals surface area contributed by atoms with Gasteiger partial charge in [-0.15, -0.1) is 0 Å². The molecule has 0 unspecified atom stereocenters. The first-order valence-electron chi connectivity index (χ1n) is 12.6. The number of furan rings is 1. The molecule has 0 bridgehead atoms. The fourth-order valence-corrected chi connectivity index (χ4v) is 5.29. The van der Waals surface area contributed by atoms with Crippen LogP contribution in [0.5, 0.6) is 5.75 Å². The van der Waals surface area contributed by atoms with Gasteiger partial charge < -0.3 is 19.0 Å². The van der Waals surface area contributed by atoms with E-state index >= 15 is 0 Å². The van der Waals surface area contributed by atoms with Crippen molar-refractivity contribution in [1.82, 2.24) is 19.8 Å². The van der Waals surface area contributed by atoms with E-state index in [2.05, 4.69) is 31.9 Å². The molecule has 9 heteroatoms. The average molecular weight is 488 g/mol. The first kappa shape index (κ1) is 22.7. The van der Waals surface area contributed by atoms with Gasteiger partial charge in [0.1, 0.15) is 24.4 Å². The fourth-order valence-electron chi connectivity index (χ4n) is 5.29. The summed E-state index contributed by atoms with van der Waals surface area (Å²) in [6.45, 7) is 5.76. The van der Waals surface area contributed by atoms with Crippen molar-refractivity contribution in [1.29, 1.82) is 0 Å². The molecule has 1 aliphatic carbocycles. The molecule has 1 saturated heterocycles. The number of ketones is 1. The van der Waals surface area contributed by atoms with Crippen LogP contribution in [0, 0.1) is 0 Å². The Balaban J connectivity index is 1.14. The summed E-state index contributed by atoms with van der Waals surface area (Å²) in [6, 6.07) is 8.09. The Kier molecular flexibility index (Phi) is 6.14. The normalized spacial score (nSPS) is 18.3. The number of aromatic nitrogens is 2. The third-order valence-corrected chi connectivity index (χ3v) is 7.19. The quantitative estimate of drug-likeness (QED) is 0.555. The molecule has 0 spiro atoms. The van der Waals surface area contributed by atoms with E-state index in [1.54, 1.807) is 17.3 Å². The second-order valence-corrected chi connectivity index (χ2v) is 9.55. The Morgan fingerprint density at radius 1 is 1.03 bits per heavy atom. The molecule has 2 aliphatic heterocycles. The number of fused-ring (bicyclic) bond motifs is 2. The zero-order valence-corrected chi connectivity index (χ0v) is 20.2. The Morgan fingerprint density at radius 2 is 1.86 bits per heavy atom. The van der Waals surface area contributed by atoms with Crippen LogP contribution in [0.4, 0.5) is 5.95 Å². The number of anilines is 1. The van der Waals surface area contributed by atoms with Gasteiger partial charge in [-0.2, -0.15) is 0 Å². The van der Waals surface area contributed by atoms with Gasteiger partial charge in [-0.25, -0.2) is 9.97 Å². The van der Waals surface area contributed by atoms with Crippen LogP contribution in [0.25, 0.3) is 0 Å². The van der Waals surface area contributed by atoms with E-state index in [0.717, 1.165) is 56.4 Å². The van der Waals surface area contributed by atoms with Crippen LogP contribution in [0.3, 0.4) is 0 Å². The highest BCUT2D eigenvalue weighted by molar-refractivity contribution is 6.09. The predicted molar refractivity (Wildman–Crippen MR) is 132 cm³/mol. The molecule has 36 heavy (non-hydrogen) atoms.